The largest absolute Gasteiger partial charge is 0.394 e. The number of H-pyrrole nitrogens is 1. The van der Waals surface area contributed by atoms with E-state index in [1.54, 1.807) is 6.07 Å². The van der Waals surface area contributed by atoms with E-state index in [0.29, 0.717) is 17.7 Å². The molecule has 1 amide bonds. The Morgan fingerprint density at radius 1 is 0.933 bits per heavy atom. The Morgan fingerprint density at radius 2 is 1.60 bits per heavy atom. The summed E-state index contributed by atoms with van der Waals surface area (Å²) in [5, 5.41) is 20.2. The monoisotopic (exact) mass is 397 g/mol. The topological polar surface area (TPSA) is 78.0 Å². The van der Waals surface area contributed by atoms with E-state index < -0.39 is 0 Å². The van der Waals surface area contributed by atoms with Gasteiger partial charge in [0.15, 0.2) is 0 Å². The lowest BCUT2D eigenvalue weighted by Gasteiger charge is -2.17. The standard InChI is InChI=1S/C25H23N3O2/c29-17-20(15-18-9-3-1-4-10-18)26-25(30)22-14-8-7-13-21(22)24-16-23(27-28-24)19-11-5-2-6-12-19/h1-14,16,20,29H,15,17H2,(H,26,30)(H,27,28)/t20-/m1/s1. The lowest BCUT2D eigenvalue weighted by Crippen LogP contribution is -2.39. The average molecular weight is 397 g/mol. The Balaban J connectivity index is 1.56. The van der Waals surface area contributed by atoms with Crippen molar-refractivity contribution in [1.82, 2.24) is 15.5 Å². The molecule has 1 aromatic heterocycles. The highest BCUT2D eigenvalue weighted by atomic mass is 16.3. The summed E-state index contributed by atoms with van der Waals surface area (Å²) >= 11 is 0. The number of nitrogens with zero attached hydrogens (tertiary/aromatic N) is 1. The Bertz CT molecular complexity index is 1110. The molecule has 0 aliphatic rings. The van der Waals surface area contributed by atoms with Crippen LogP contribution in [-0.2, 0) is 6.42 Å². The van der Waals surface area contributed by atoms with Crippen LogP contribution in [0, 0.1) is 0 Å². The van der Waals surface area contributed by atoms with Gasteiger partial charge in [0, 0.05) is 11.1 Å². The van der Waals surface area contributed by atoms with Gasteiger partial charge in [-0.15, -0.1) is 0 Å². The van der Waals surface area contributed by atoms with E-state index >= 15 is 0 Å². The second kappa shape index (κ2) is 9.20. The zero-order valence-corrected chi connectivity index (χ0v) is 16.5. The molecule has 30 heavy (non-hydrogen) atoms. The van der Waals surface area contributed by atoms with Crippen LogP contribution in [0.2, 0.25) is 0 Å². The number of rotatable bonds is 7. The summed E-state index contributed by atoms with van der Waals surface area (Å²) in [6.07, 6.45) is 0.561. The second-order valence-electron chi connectivity index (χ2n) is 7.12. The van der Waals surface area contributed by atoms with E-state index in [4.69, 9.17) is 0 Å². The van der Waals surface area contributed by atoms with Crippen LogP contribution in [0.1, 0.15) is 15.9 Å². The molecule has 0 unspecified atom stereocenters. The summed E-state index contributed by atoms with van der Waals surface area (Å²) < 4.78 is 0. The number of aliphatic hydroxyl groups excluding tert-OH is 1. The van der Waals surface area contributed by atoms with Gasteiger partial charge in [-0.25, -0.2) is 0 Å². The number of aliphatic hydroxyl groups is 1. The molecule has 3 aromatic carbocycles. The molecule has 1 heterocycles. The zero-order valence-electron chi connectivity index (χ0n) is 16.5. The smallest absolute Gasteiger partial charge is 0.252 e. The van der Waals surface area contributed by atoms with E-state index in [0.717, 1.165) is 22.4 Å². The highest BCUT2D eigenvalue weighted by Gasteiger charge is 2.18. The summed E-state index contributed by atoms with van der Waals surface area (Å²) in [6.45, 7) is -0.136. The average Bonchev–Trinajstić information content (AvgIpc) is 3.30. The van der Waals surface area contributed by atoms with Crippen LogP contribution in [-0.4, -0.2) is 33.9 Å². The minimum absolute atomic E-state index is 0.136. The van der Waals surface area contributed by atoms with Crippen molar-refractivity contribution in [2.75, 3.05) is 6.61 Å². The summed E-state index contributed by atoms with van der Waals surface area (Å²) in [5.74, 6) is -0.232. The van der Waals surface area contributed by atoms with Crippen molar-refractivity contribution in [3.05, 3.63) is 102 Å². The molecule has 3 N–H and O–H groups in total. The fourth-order valence-electron chi connectivity index (χ4n) is 3.45. The number of aromatic nitrogens is 2. The van der Waals surface area contributed by atoms with Gasteiger partial charge in [-0.3, -0.25) is 9.89 Å². The molecular weight excluding hydrogens is 374 g/mol. The SMILES string of the molecule is O=C(N[C@@H](CO)Cc1ccccc1)c1ccccc1-c1cc(-c2ccccc2)[nH]n1. The molecule has 1 atom stereocenters. The molecule has 0 aliphatic heterocycles. The fourth-order valence-corrected chi connectivity index (χ4v) is 3.45. The van der Waals surface area contributed by atoms with E-state index in [2.05, 4.69) is 15.5 Å². The van der Waals surface area contributed by atoms with E-state index in [1.807, 2.05) is 84.9 Å². The van der Waals surface area contributed by atoms with Gasteiger partial charge < -0.3 is 10.4 Å². The number of amides is 1. The Labute approximate surface area is 175 Å². The van der Waals surface area contributed by atoms with Gasteiger partial charge in [0.1, 0.15) is 0 Å². The van der Waals surface area contributed by atoms with Gasteiger partial charge >= 0.3 is 0 Å². The van der Waals surface area contributed by atoms with Gasteiger partial charge in [-0.1, -0.05) is 78.9 Å². The van der Waals surface area contributed by atoms with Crippen LogP contribution in [0.3, 0.4) is 0 Å². The van der Waals surface area contributed by atoms with Crippen LogP contribution in [0.15, 0.2) is 91.0 Å². The predicted octanol–water partition coefficient (Wildman–Crippen LogP) is 4.08. The van der Waals surface area contributed by atoms with Gasteiger partial charge in [-0.05, 0) is 29.7 Å². The van der Waals surface area contributed by atoms with Gasteiger partial charge in [0.25, 0.3) is 5.91 Å². The van der Waals surface area contributed by atoms with E-state index in [1.165, 1.54) is 0 Å². The van der Waals surface area contributed by atoms with Crippen LogP contribution in [0.4, 0.5) is 0 Å². The normalized spacial score (nSPS) is 11.8. The predicted molar refractivity (Wildman–Crippen MR) is 118 cm³/mol. The summed E-state index contributed by atoms with van der Waals surface area (Å²) in [5.41, 5.74) is 4.94. The van der Waals surface area contributed by atoms with Crippen molar-refractivity contribution >= 4 is 5.91 Å². The zero-order chi connectivity index (χ0) is 20.8. The molecule has 0 bridgehead atoms. The number of carbonyl (C=O) groups is 1. The van der Waals surface area contributed by atoms with Crippen molar-refractivity contribution in [2.24, 2.45) is 0 Å². The van der Waals surface area contributed by atoms with Crippen LogP contribution >= 0.6 is 0 Å². The van der Waals surface area contributed by atoms with Crippen LogP contribution < -0.4 is 5.32 Å². The van der Waals surface area contributed by atoms with Crippen molar-refractivity contribution in [3.63, 3.8) is 0 Å². The molecule has 5 nitrogen and oxygen atoms in total. The van der Waals surface area contributed by atoms with E-state index in [-0.39, 0.29) is 18.6 Å². The van der Waals surface area contributed by atoms with Gasteiger partial charge in [0.2, 0.25) is 0 Å². The maximum Gasteiger partial charge on any atom is 0.252 e. The molecule has 0 fully saturated rings. The number of hydrogen-bond acceptors (Lipinski definition) is 3. The summed E-state index contributed by atoms with van der Waals surface area (Å²) in [4.78, 5) is 13.0. The van der Waals surface area contributed by atoms with Gasteiger partial charge in [-0.2, -0.15) is 5.10 Å². The highest BCUT2D eigenvalue weighted by molar-refractivity contribution is 6.00. The lowest BCUT2D eigenvalue weighted by molar-refractivity contribution is 0.0917. The molecule has 4 aromatic rings. The number of benzene rings is 3. The molecule has 4 rings (SSSR count). The Hall–Kier alpha value is -3.70. The first-order valence-electron chi connectivity index (χ1n) is 9.90. The van der Waals surface area contributed by atoms with Crippen molar-refractivity contribution in [1.29, 1.82) is 0 Å². The molecule has 0 radical (unpaired) electrons. The first-order chi connectivity index (χ1) is 14.7. The van der Waals surface area contributed by atoms with Crippen molar-refractivity contribution in [2.45, 2.75) is 12.5 Å². The third-order valence-corrected chi connectivity index (χ3v) is 4.99. The Morgan fingerprint density at radius 3 is 2.33 bits per heavy atom. The first kappa shape index (κ1) is 19.6. The minimum atomic E-state index is -0.369. The quantitative estimate of drug-likeness (QED) is 0.440. The highest BCUT2D eigenvalue weighted by Crippen LogP contribution is 2.26. The Kier molecular flexibility index (Phi) is 6.01. The maximum atomic E-state index is 13.0. The molecule has 150 valence electrons. The number of aromatic amines is 1. The van der Waals surface area contributed by atoms with Crippen molar-refractivity contribution in [3.8, 4) is 22.5 Å². The van der Waals surface area contributed by atoms with Crippen LogP contribution in [0.25, 0.3) is 22.5 Å². The van der Waals surface area contributed by atoms with Gasteiger partial charge in [0.05, 0.1) is 24.0 Å². The molecule has 5 heteroatoms. The van der Waals surface area contributed by atoms with E-state index in [9.17, 15) is 9.90 Å². The number of carbonyl (C=O) groups excluding carboxylic acids is 1. The number of hydrogen-bond donors (Lipinski definition) is 3. The third-order valence-electron chi connectivity index (χ3n) is 4.99. The maximum absolute atomic E-state index is 13.0. The molecular formula is C25H23N3O2. The molecule has 0 saturated heterocycles. The molecule has 0 spiro atoms. The van der Waals surface area contributed by atoms with Crippen LogP contribution in [0.5, 0.6) is 0 Å². The second-order valence-corrected chi connectivity index (χ2v) is 7.12. The lowest BCUT2D eigenvalue weighted by atomic mass is 10.0. The minimum Gasteiger partial charge on any atom is -0.394 e. The molecule has 0 saturated carbocycles. The first-order valence-corrected chi connectivity index (χ1v) is 9.90. The fraction of sp³-hybridized carbons (Fsp3) is 0.120. The van der Waals surface area contributed by atoms with Crippen molar-refractivity contribution < 1.29 is 9.90 Å². The molecule has 0 aliphatic carbocycles. The summed E-state index contributed by atoms with van der Waals surface area (Å²) in [6, 6.07) is 28.7. The number of nitrogens with one attached hydrogen (secondary N) is 2. The summed E-state index contributed by atoms with van der Waals surface area (Å²) in [7, 11) is 0. The third kappa shape index (κ3) is 4.47.